The van der Waals surface area contributed by atoms with Gasteiger partial charge in [0.2, 0.25) is 0 Å². The van der Waals surface area contributed by atoms with Crippen molar-refractivity contribution in [1.29, 1.82) is 0 Å². The number of amides is 2. The molecule has 0 saturated heterocycles. The lowest BCUT2D eigenvalue weighted by Gasteiger charge is -2.11. The second-order valence-corrected chi connectivity index (χ2v) is 8.69. The summed E-state index contributed by atoms with van der Waals surface area (Å²) < 4.78 is 23.0. The van der Waals surface area contributed by atoms with Crippen molar-refractivity contribution in [2.75, 3.05) is 16.9 Å². The molecule has 3 aromatic rings. The lowest BCUT2D eigenvalue weighted by atomic mass is 10.2. The van der Waals surface area contributed by atoms with Crippen molar-refractivity contribution in [2.45, 2.75) is 4.90 Å². The van der Waals surface area contributed by atoms with E-state index < -0.39 is 15.7 Å². The highest BCUT2D eigenvalue weighted by Crippen LogP contribution is 2.26. The van der Waals surface area contributed by atoms with Gasteiger partial charge in [-0.3, -0.25) is 9.59 Å². The summed E-state index contributed by atoms with van der Waals surface area (Å²) in [6.07, 6.45) is 1.10. The second-order valence-electron chi connectivity index (χ2n) is 6.27. The molecule has 0 bridgehead atoms. The molecule has 3 aromatic carbocycles. The van der Waals surface area contributed by atoms with Crippen molar-refractivity contribution in [3.63, 3.8) is 0 Å². The molecule has 0 unspecified atom stereocenters. The third-order valence-electron chi connectivity index (χ3n) is 4.05. The Hall–Kier alpha value is -3.16. The minimum absolute atomic E-state index is 0.131. The first-order valence-corrected chi connectivity index (χ1v) is 10.8. The van der Waals surface area contributed by atoms with E-state index in [0.29, 0.717) is 27.5 Å². The van der Waals surface area contributed by atoms with Crippen LogP contribution < -0.4 is 10.6 Å². The summed E-state index contributed by atoms with van der Waals surface area (Å²) in [7, 11) is -3.34. The summed E-state index contributed by atoms with van der Waals surface area (Å²) in [6, 6.07) is 19.0. The molecule has 0 saturated carbocycles. The van der Waals surface area contributed by atoms with Crippen molar-refractivity contribution in [2.24, 2.45) is 0 Å². The van der Waals surface area contributed by atoms with Crippen LogP contribution in [-0.2, 0) is 9.84 Å². The highest BCUT2D eigenvalue weighted by atomic mass is 35.5. The fraction of sp³-hybridized carbons (Fsp3) is 0.0476. The molecule has 6 nitrogen and oxygen atoms in total. The zero-order chi connectivity index (χ0) is 21.0. The van der Waals surface area contributed by atoms with Gasteiger partial charge in [-0.1, -0.05) is 29.8 Å². The molecule has 148 valence electrons. The highest BCUT2D eigenvalue weighted by molar-refractivity contribution is 7.90. The first-order chi connectivity index (χ1) is 13.7. The summed E-state index contributed by atoms with van der Waals surface area (Å²) in [5.41, 5.74) is 1.55. The molecule has 0 aliphatic heterocycles. The number of carbonyl (C=O) groups is 2. The fourth-order valence-corrected chi connectivity index (χ4v) is 3.33. The van der Waals surface area contributed by atoms with Crippen LogP contribution in [0.1, 0.15) is 20.7 Å². The maximum absolute atomic E-state index is 12.4. The van der Waals surface area contributed by atoms with E-state index in [2.05, 4.69) is 10.6 Å². The van der Waals surface area contributed by atoms with E-state index >= 15 is 0 Å². The maximum atomic E-state index is 12.4. The summed E-state index contributed by atoms with van der Waals surface area (Å²) in [4.78, 5) is 24.9. The van der Waals surface area contributed by atoms with Crippen LogP contribution in [0.25, 0.3) is 0 Å². The van der Waals surface area contributed by atoms with E-state index in [-0.39, 0.29) is 10.8 Å². The van der Waals surface area contributed by atoms with Gasteiger partial charge in [0.1, 0.15) is 0 Å². The highest BCUT2D eigenvalue weighted by Gasteiger charge is 2.12. The molecule has 2 amide bonds. The minimum atomic E-state index is -3.34. The lowest BCUT2D eigenvalue weighted by Crippen LogP contribution is -2.14. The molecule has 2 N–H and O–H groups in total. The van der Waals surface area contributed by atoms with E-state index in [1.54, 1.807) is 42.5 Å². The number of hydrogen-bond acceptors (Lipinski definition) is 4. The fourth-order valence-electron chi connectivity index (χ4n) is 2.54. The number of rotatable bonds is 5. The molecule has 3 rings (SSSR count). The van der Waals surface area contributed by atoms with Gasteiger partial charge in [-0.25, -0.2) is 8.42 Å². The van der Waals surface area contributed by atoms with Gasteiger partial charge in [0, 0.05) is 23.1 Å². The van der Waals surface area contributed by atoms with Crippen molar-refractivity contribution in [1.82, 2.24) is 0 Å². The van der Waals surface area contributed by atoms with Gasteiger partial charge in [-0.05, 0) is 54.6 Å². The predicted octanol–water partition coefficient (Wildman–Crippen LogP) is 4.25. The van der Waals surface area contributed by atoms with Gasteiger partial charge in [0.15, 0.2) is 9.84 Å². The van der Waals surface area contributed by atoms with Crippen LogP contribution in [-0.4, -0.2) is 26.5 Å². The number of anilines is 2. The van der Waals surface area contributed by atoms with Crippen molar-refractivity contribution in [3.05, 3.63) is 88.9 Å². The van der Waals surface area contributed by atoms with Crippen LogP contribution in [0, 0.1) is 0 Å². The maximum Gasteiger partial charge on any atom is 0.255 e. The lowest BCUT2D eigenvalue weighted by molar-refractivity contribution is 0.101. The number of carbonyl (C=O) groups excluding carboxylic acids is 2. The average molecular weight is 429 g/mol. The molecule has 8 heteroatoms. The second kappa shape index (κ2) is 8.46. The molecule has 0 fully saturated rings. The van der Waals surface area contributed by atoms with E-state index in [4.69, 9.17) is 11.6 Å². The topological polar surface area (TPSA) is 92.3 Å². The summed E-state index contributed by atoms with van der Waals surface area (Å²) >= 11 is 6.16. The molecule has 0 aliphatic rings. The Balaban J connectivity index is 1.75. The summed E-state index contributed by atoms with van der Waals surface area (Å²) in [5, 5.41) is 5.74. The van der Waals surface area contributed by atoms with E-state index in [1.165, 1.54) is 24.3 Å². The van der Waals surface area contributed by atoms with E-state index in [0.717, 1.165) is 6.26 Å². The molecule has 0 aliphatic carbocycles. The normalized spacial score (nSPS) is 11.0. The molecule has 0 heterocycles. The number of hydrogen-bond donors (Lipinski definition) is 2. The van der Waals surface area contributed by atoms with Crippen LogP contribution in [0.3, 0.4) is 0 Å². The van der Waals surface area contributed by atoms with Gasteiger partial charge >= 0.3 is 0 Å². The Kier molecular flexibility index (Phi) is 6.00. The van der Waals surface area contributed by atoms with E-state index in [1.807, 2.05) is 6.07 Å². The Morgan fingerprint density at radius 3 is 2.00 bits per heavy atom. The summed E-state index contributed by atoms with van der Waals surface area (Å²) in [6.45, 7) is 0. The molecule has 0 aromatic heterocycles. The number of benzene rings is 3. The van der Waals surface area contributed by atoms with Crippen LogP contribution >= 0.6 is 11.6 Å². The number of halogens is 1. The first-order valence-electron chi connectivity index (χ1n) is 8.51. The van der Waals surface area contributed by atoms with Crippen molar-refractivity contribution >= 4 is 44.6 Å². The Morgan fingerprint density at radius 2 is 1.38 bits per heavy atom. The molecular weight excluding hydrogens is 412 g/mol. The predicted molar refractivity (Wildman–Crippen MR) is 113 cm³/mol. The van der Waals surface area contributed by atoms with Crippen LogP contribution in [0.15, 0.2) is 77.7 Å². The van der Waals surface area contributed by atoms with Crippen LogP contribution in [0.4, 0.5) is 11.4 Å². The number of nitrogens with one attached hydrogen (secondary N) is 2. The van der Waals surface area contributed by atoms with Gasteiger partial charge in [0.25, 0.3) is 11.8 Å². The minimum Gasteiger partial charge on any atom is -0.322 e. The largest absolute Gasteiger partial charge is 0.322 e. The quantitative estimate of drug-likeness (QED) is 0.635. The standard InChI is InChI=1S/C21H17ClN2O4S/c1-29(27,28)17-10-7-15(8-11-17)20(25)23-16-9-12-18(22)19(13-16)24-21(26)14-5-3-2-4-6-14/h2-13H,1H3,(H,23,25)(H,24,26). The third kappa shape index (κ3) is 5.22. The van der Waals surface area contributed by atoms with Crippen LogP contribution in [0.5, 0.6) is 0 Å². The van der Waals surface area contributed by atoms with Crippen LogP contribution in [0.2, 0.25) is 5.02 Å². The molecule has 0 atom stereocenters. The first kappa shape index (κ1) is 20.6. The molecule has 0 radical (unpaired) electrons. The van der Waals surface area contributed by atoms with Gasteiger partial charge in [0.05, 0.1) is 15.6 Å². The molecular formula is C21H17ClN2O4S. The SMILES string of the molecule is CS(=O)(=O)c1ccc(C(=O)Nc2ccc(Cl)c(NC(=O)c3ccccc3)c2)cc1. The van der Waals surface area contributed by atoms with Gasteiger partial charge in [-0.2, -0.15) is 0 Å². The third-order valence-corrected chi connectivity index (χ3v) is 5.51. The van der Waals surface area contributed by atoms with Gasteiger partial charge < -0.3 is 10.6 Å². The van der Waals surface area contributed by atoms with Crippen molar-refractivity contribution in [3.8, 4) is 0 Å². The monoisotopic (exact) mass is 428 g/mol. The van der Waals surface area contributed by atoms with Gasteiger partial charge in [-0.15, -0.1) is 0 Å². The Bertz CT molecular complexity index is 1160. The molecule has 29 heavy (non-hydrogen) atoms. The van der Waals surface area contributed by atoms with Crippen molar-refractivity contribution < 1.29 is 18.0 Å². The Morgan fingerprint density at radius 1 is 0.793 bits per heavy atom. The van der Waals surface area contributed by atoms with E-state index in [9.17, 15) is 18.0 Å². The smallest absolute Gasteiger partial charge is 0.255 e. The number of sulfone groups is 1. The Labute approximate surface area is 173 Å². The zero-order valence-corrected chi connectivity index (χ0v) is 16.9. The zero-order valence-electron chi connectivity index (χ0n) is 15.3. The average Bonchev–Trinajstić information content (AvgIpc) is 2.70. The summed E-state index contributed by atoms with van der Waals surface area (Å²) in [5.74, 6) is -0.750. The molecule has 0 spiro atoms.